The smallest absolute Gasteiger partial charge is 0.326 e. The van der Waals surface area contributed by atoms with Crippen LogP contribution in [0, 0.1) is 0 Å². The van der Waals surface area contributed by atoms with Gasteiger partial charge in [-0.15, -0.1) is 11.8 Å². The largest absolute Gasteiger partial charge is 0.459 e. The van der Waals surface area contributed by atoms with Crippen molar-refractivity contribution in [2.45, 2.75) is 42.6 Å². The number of carbonyl (C=O) groups excluding carboxylic acids is 2. The molecule has 0 fully saturated rings. The molecule has 142 valence electrons. The molecule has 2 atom stereocenters. The molecule has 0 aliphatic carbocycles. The Labute approximate surface area is 163 Å². The van der Waals surface area contributed by atoms with Gasteiger partial charge in [0.05, 0.1) is 10.9 Å². The zero-order valence-corrected chi connectivity index (χ0v) is 16.5. The quantitative estimate of drug-likeness (QED) is 0.820. The summed E-state index contributed by atoms with van der Waals surface area (Å²) in [7, 11) is 0. The summed E-state index contributed by atoms with van der Waals surface area (Å²) in [6.45, 7) is 5.24. The molecular formula is C21H24N2O3S. The minimum Gasteiger partial charge on any atom is -0.459 e. The predicted molar refractivity (Wildman–Crippen MR) is 108 cm³/mol. The molecule has 0 saturated heterocycles. The van der Waals surface area contributed by atoms with Crippen molar-refractivity contribution < 1.29 is 14.3 Å². The summed E-state index contributed by atoms with van der Waals surface area (Å²) in [5.74, 6) is -0.742. The SMILES string of the molecule is CC(C)(C)OC(=O)CN1C(=O)[C@@H](N)[C@H](c2ccccc2)Sc2ccccc21. The summed E-state index contributed by atoms with van der Waals surface area (Å²) in [5.41, 5.74) is 7.42. The fourth-order valence-electron chi connectivity index (χ4n) is 3.00. The van der Waals surface area contributed by atoms with E-state index in [-0.39, 0.29) is 17.7 Å². The first-order valence-corrected chi connectivity index (χ1v) is 9.74. The lowest BCUT2D eigenvalue weighted by molar-refractivity contribution is -0.153. The van der Waals surface area contributed by atoms with Gasteiger partial charge in [-0.3, -0.25) is 14.5 Å². The summed E-state index contributed by atoms with van der Waals surface area (Å²) in [6.07, 6.45) is 0. The molecule has 1 amide bonds. The van der Waals surface area contributed by atoms with Crippen molar-refractivity contribution in [3.63, 3.8) is 0 Å². The van der Waals surface area contributed by atoms with E-state index in [9.17, 15) is 9.59 Å². The van der Waals surface area contributed by atoms with Gasteiger partial charge in [-0.05, 0) is 38.5 Å². The maximum absolute atomic E-state index is 13.2. The molecular weight excluding hydrogens is 360 g/mol. The van der Waals surface area contributed by atoms with Gasteiger partial charge in [0, 0.05) is 4.90 Å². The van der Waals surface area contributed by atoms with Gasteiger partial charge < -0.3 is 10.5 Å². The number of rotatable bonds is 3. The normalized spacial score (nSPS) is 20.0. The number of anilines is 1. The summed E-state index contributed by atoms with van der Waals surface area (Å²) in [4.78, 5) is 27.9. The lowest BCUT2D eigenvalue weighted by Gasteiger charge is -2.27. The van der Waals surface area contributed by atoms with Crippen molar-refractivity contribution in [2.75, 3.05) is 11.4 Å². The Hall–Kier alpha value is -2.31. The molecule has 2 aromatic rings. The van der Waals surface area contributed by atoms with E-state index in [4.69, 9.17) is 10.5 Å². The molecule has 27 heavy (non-hydrogen) atoms. The summed E-state index contributed by atoms with van der Waals surface area (Å²) < 4.78 is 5.41. The molecule has 2 aromatic carbocycles. The molecule has 1 aliphatic heterocycles. The van der Waals surface area contributed by atoms with Crippen LogP contribution in [0.2, 0.25) is 0 Å². The molecule has 0 spiro atoms. The van der Waals surface area contributed by atoms with E-state index in [0.717, 1.165) is 10.5 Å². The molecule has 3 rings (SSSR count). The van der Waals surface area contributed by atoms with Crippen LogP contribution in [0.25, 0.3) is 0 Å². The monoisotopic (exact) mass is 384 g/mol. The van der Waals surface area contributed by atoms with E-state index in [1.807, 2.05) is 54.6 Å². The Morgan fingerprint density at radius 1 is 1.11 bits per heavy atom. The molecule has 0 radical (unpaired) electrons. The number of esters is 1. The zero-order valence-electron chi connectivity index (χ0n) is 15.7. The number of nitrogens with two attached hydrogens (primary N) is 1. The molecule has 0 saturated carbocycles. The number of ether oxygens (including phenoxy) is 1. The van der Waals surface area contributed by atoms with Gasteiger partial charge in [-0.1, -0.05) is 42.5 Å². The number of benzene rings is 2. The topological polar surface area (TPSA) is 72.6 Å². The van der Waals surface area contributed by atoms with Gasteiger partial charge in [0.25, 0.3) is 0 Å². The molecule has 6 heteroatoms. The Morgan fingerprint density at radius 3 is 2.41 bits per heavy atom. The van der Waals surface area contributed by atoms with Gasteiger partial charge in [-0.2, -0.15) is 0 Å². The first kappa shape index (κ1) is 19.5. The second-order valence-corrected chi connectivity index (χ2v) is 8.64. The molecule has 0 aromatic heterocycles. The standard InChI is InChI=1S/C21H24N2O3S/c1-21(2,3)26-17(24)13-23-15-11-7-8-12-16(15)27-19(18(22)20(23)25)14-9-5-4-6-10-14/h4-12,18-19H,13,22H2,1-3H3/t18-,19-/m0/s1. The highest BCUT2D eigenvalue weighted by atomic mass is 32.2. The Balaban J connectivity index is 1.96. The third kappa shape index (κ3) is 4.51. The Morgan fingerprint density at radius 2 is 1.74 bits per heavy atom. The molecule has 0 bridgehead atoms. The highest BCUT2D eigenvalue weighted by Gasteiger charge is 2.37. The minimum atomic E-state index is -0.771. The minimum absolute atomic E-state index is 0.164. The van der Waals surface area contributed by atoms with Gasteiger partial charge in [0.15, 0.2) is 0 Å². The van der Waals surface area contributed by atoms with Crippen LogP contribution in [-0.2, 0) is 14.3 Å². The zero-order chi connectivity index (χ0) is 19.6. The summed E-state index contributed by atoms with van der Waals surface area (Å²) in [5, 5.41) is -0.233. The van der Waals surface area contributed by atoms with E-state index < -0.39 is 17.6 Å². The van der Waals surface area contributed by atoms with Crippen molar-refractivity contribution in [3.05, 3.63) is 60.2 Å². The van der Waals surface area contributed by atoms with Crippen LogP contribution in [0.4, 0.5) is 5.69 Å². The number of carbonyl (C=O) groups is 2. The highest BCUT2D eigenvalue weighted by Crippen LogP contribution is 2.44. The lowest BCUT2D eigenvalue weighted by atomic mass is 10.0. The first-order chi connectivity index (χ1) is 12.8. The maximum Gasteiger partial charge on any atom is 0.326 e. The van der Waals surface area contributed by atoms with Crippen LogP contribution in [0.5, 0.6) is 0 Å². The van der Waals surface area contributed by atoms with Crippen LogP contribution < -0.4 is 10.6 Å². The van der Waals surface area contributed by atoms with Crippen LogP contribution in [0.1, 0.15) is 31.6 Å². The van der Waals surface area contributed by atoms with E-state index in [0.29, 0.717) is 5.69 Å². The number of thioether (sulfide) groups is 1. The second kappa shape index (κ2) is 7.74. The summed E-state index contributed by atoms with van der Waals surface area (Å²) in [6, 6.07) is 16.5. The van der Waals surface area contributed by atoms with E-state index in [2.05, 4.69) is 0 Å². The van der Waals surface area contributed by atoms with E-state index in [1.54, 1.807) is 32.5 Å². The number of hydrogen-bond donors (Lipinski definition) is 1. The van der Waals surface area contributed by atoms with Crippen LogP contribution >= 0.6 is 11.8 Å². The number of nitrogens with zero attached hydrogens (tertiary/aromatic N) is 1. The van der Waals surface area contributed by atoms with Gasteiger partial charge in [-0.25, -0.2) is 0 Å². The van der Waals surface area contributed by atoms with E-state index in [1.165, 1.54) is 4.90 Å². The van der Waals surface area contributed by atoms with Gasteiger partial charge >= 0.3 is 5.97 Å². The average Bonchev–Trinajstić information content (AvgIpc) is 2.72. The molecule has 2 N–H and O–H groups in total. The molecule has 5 nitrogen and oxygen atoms in total. The number of hydrogen-bond acceptors (Lipinski definition) is 5. The number of fused-ring (bicyclic) bond motifs is 1. The van der Waals surface area contributed by atoms with Crippen LogP contribution in [0.15, 0.2) is 59.5 Å². The molecule has 1 heterocycles. The number of amides is 1. The van der Waals surface area contributed by atoms with Gasteiger partial charge in [0.1, 0.15) is 18.2 Å². The summed E-state index contributed by atoms with van der Waals surface area (Å²) >= 11 is 1.55. The highest BCUT2D eigenvalue weighted by molar-refractivity contribution is 7.99. The average molecular weight is 385 g/mol. The van der Waals surface area contributed by atoms with Crippen LogP contribution in [-0.4, -0.2) is 30.1 Å². The van der Waals surface area contributed by atoms with Crippen molar-refractivity contribution in [1.29, 1.82) is 0 Å². The maximum atomic E-state index is 13.2. The molecule has 0 unspecified atom stereocenters. The Kier molecular flexibility index (Phi) is 5.58. The van der Waals surface area contributed by atoms with Crippen molar-refractivity contribution in [2.24, 2.45) is 5.73 Å². The van der Waals surface area contributed by atoms with Crippen molar-refractivity contribution >= 4 is 29.3 Å². The van der Waals surface area contributed by atoms with Crippen LogP contribution in [0.3, 0.4) is 0 Å². The fourth-order valence-corrected chi connectivity index (χ4v) is 4.29. The van der Waals surface area contributed by atoms with E-state index >= 15 is 0 Å². The lowest BCUT2D eigenvalue weighted by Crippen LogP contribution is -2.48. The third-order valence-electron chi connectivity index (χ3n) is 4.12. The fraction of sp³-hybridized carbons (Fsp3) is 0.333. The second-order valence-electron chi connectivity index (χ2n) is 7.45. The third-order valence-corrected chi connectivity index (χ3v) is 5.54. The predicted octanol–water partition coefficient (Wildman–Crippen LogP) is 3.54. The number of para-hydroxylation sites is 1. The van der Waals surface area contributed by atoms with Gasteiger partial charge in [0.2, 0.25) is 5.91 Å². The van der Waals surface area contributed by atoms with Crippen molar-refractivity contribution in [3.8, 4) is 0 Å². The first-order valence-electron chi connectivity index (χ1n) is 8.86. The van der Waals surface area contributed by atoms with Crippen molar-refractivity contribution in [1.82, 2.24) is 0 Å². The molecule has 1 aliphatic rings. The Bertz CT molecular complexity index is 833.